The van der Waals surface area contributed by atoms with Crippen LogP contribution in [0, 0.1) is 11.6 Å². The van der Waals surface area contributed by atoms with Crippen LogP contribution in [0.15, 0.2) is 18.2 Å². The van der Waals surface area contributed by atoms with E-state index in [-0.39, 0.29) is 24.1 Å². The first-order chi connectivity index (χ1) is 11.5. The lowest BCUT2D eigenvalue weighted by atomic mass is 10.2. The molecule has 0 bridgehead atoms. The number of halogens is 3. The predicted molar refractivity (Wildman–Crippen MR) is 93.1 cm³/mol. The summed E-state index contributed by atoms with van der Waals surface area (Å²) in [4.78, 5) is 16.8. The van der Waals surface area contributed by atoms with Crippen LogP contribution in [0.1, 0.15) is 13.3 Å². The molecule has 2 atom stereocenters. The van der Waals surface area contributed by atoms with Crippen molar-refractivity contribution in [3.63, 3.8) is 0 Å². The van der Waals surface area contributed by atoms with Crippen molar-refractivity contribution in [1.82, 2.24) is 15.1 Å². The molecule has 1 N–H and O–H groups in total. The molecule has 140 valence electrons. The van der Waals surface area contributed by atoms with E-state index in [4.69, 9.17) is 4.74 Å². The zero-order valence-electron chi connectivity index (χ0n) is 14.2. The molecule has 1 aromatic rings. The normalized spacial score (nSPS) is 22.4. The van der Waals surface area contributed by atoms with Gasteiger partial charge in [0.15, 0.2) is 17.7 Å². The smallest absolute Gasteiger partial charge is 0.263 e. The van der Waals surface area contributed by atoms with Crippen LogP contribution < -0.4 is 10.1 Å². The third kappa shape index (κ3) is 4.80. The van der Waals surface area contributed by atoms with Gasteiger partial charge >= 0.3 is 0 Å². The number of likely N-dealkylation sites (tertiary alicyclic amines) is 1. The van der Waals surface area contributed by atoms with Gasteiger partial charge < -0.3 is 15.0 Å². The lowest BCUT2D eigenvalue weighted by Crippen LogP contribution is -2.50. The fraction of sp³-hybridized carbons (Fsp3) is 0.588. The van der Waals surface area contributed by atoms with Gasteiger partial charge in [0.2, 0.25) is 0 Å². The summed E-state index contributed by atoms with van der Waals surface area (Å²) in [6, 6.07) is 3.69. The monoisotopic (exact) mass is 375 g/mol. The molecule has 0 aromatic heterocycles. The SMILES string of the molecule is CC(Oc1ccc(F)c(F)c1)C(=O)N1CCC(N2CCNCC2)C1.Cl. The van der Waals surface area contributed by atoms with E-state index in [0.717, 1.165) is 44.7 Å². The molecular weight excluding hydrogens is 352 g/mol. The standard InChI is InChI=1S/C17H23F2N3O2.ClH/c1-12(24-14-2-3-15(18)16(19)10-14)17(23)22-7-4-13(11-22)21-8-5-20-6-9-21;/h2-3,10,12-13,20H,4-9,11H2,1H3;1H. The molecule has 2 heterocycles. The molecule has 2 aliphatic rings. The van der Waals surface area contributed by atoms with Crippen molar-refractivity contribution in [3.8, 4) is 5.75 Å². The molecule has 2 fully saturated rings. The summed E-state index contributed by atoms with van der Waals surface area (Å²) >= 11 is 0. The maximum atomic E-state index is 13.2. The highest BCUT2D eigenvalue weighted by Gasteiger charge is 2.33. The van der Waals surface area contributed by atoms with Gasteiger partial charge in [-0.25, -0.2) is 8.78 Å². The Labute approximate surface area is 152 Å². The van der Waals surface area contributed by atoms with E-state index in [0.29, 0.717) is 19.1 Å². The summed E-state index contributed by atoms with van der Waals surface area (Å²) in [5, 5.41) is 3.33. The van der Waals surface area contributed by atoms with E-state index in [1.807, 2.05) is 0 Å². The number of rotatable bonds is 4. The first kappa shape index (κ1) is 19.9. The lowest BCUT2D eigenvalue weighted by molar-refractivity contribution is -0.137. The second kappa shape index (κ2) is 8.78. The zero-order chi connectivity index (χ0) is 17.1. The average Bonchev–Trinajstić information content (AvgIpc) is 3.08. The molecule has 3 rings (SSSR count). The third-order valence-electron chi connectivity index (χ3n) is 4.69. The number of benzene rings is 1. The number of carbonyl (C=O) groups excluding carboxylic acids is 1. The molecule has 5 nitrogen and oxygen atoms in total. The first-order valence-corrected chi connectivity index (χ1v) is 8.40. The molecule has 1 aromatic carbocycles. The molecule has 25 heavy (non-hydrogen) atoms. The van der Waals surface area contributed by atoms with Crippen LogP contribution in [-0.2, 0) is 4.79 Å². The Morgan fingerprint density at radius 3 is 2.64 bits per heavy atom. The Balaban J connectivity index is 0.00000225. The van der Waals surface area contributed by atoms with Crippen molar-refractivity contribution in [2.45, 2.75) is 25.5 Å². The molecule has 0 aliphatic carbocycles. The van der Waals surface area contributed by atoms with Gasteiger partial charge in [0.25, 0.3) is 5.91 Å². The molecule has 2 aliphatic heterocycles. The number of nitrogens with zero attached hydrogens (tertiary/aromatic N) is 2. The van der Waals surface area contributed by atoms with Crippen LogP contribution in [0.2, 0.25) is 0 Å². The summed E-state index contributed by atoms with van der Waals surface area (Å²) in [5.41, 5.74) is 0. The maximum Gasteiger partial charge on any atom is 0.263 e. The topological polar surface area (TPSA) is 44.8 Å². The Morgan fingerprint density at radius 1 is 1.24 bits per heavy atom. The highest BCUT2D eigenvalue weighted by molar-refractivity contribution is 5.85. The van der Waals surface area contributed by atoms with Crippen LogP contribution in [0.25, 0.3) is 0 Å². The predicted octanol–water partition coefficient (Wildman–Crippen LogP) is 1.66. The number of hydrogen-bond donors (Lipinski definition) is 1. The van der Waals surface area contributed by atoms with E-state index in [1.54, 1.807) is 11.8 Å². The minimum absolute atomic E-state index is 0. The van der Waals surface area contributed by atoms with E-state index in [2.05, 4.69) is 10.2 Å². The summed E-state index contributed by atoms with van der Waals surface area (Å²) in [6.45, 7) is 7.03. The van der Waals surface area contributed by atoms with E-state index >= 15 is 0 Å². The van der Waals surface area contributed by atoms with Crippen LogP contribution in [-0.4, -0.2) is 67.1 Å². The van der Waals surface area contributed by atoms with Crippen molar-refractivity contribution in [2.75, 3.05) is 39.3 Å². The van der Waals surface area contributed by atoms with Gasteiger partial charge in [-0.2, -0.15) is 0 Å². The van der Waals surface area contributed by atoms with Gasteiger partial charge in [-0.15, -0.1) is 12.4 Å². The summed E-state index contributed by atoms with van der Waals surface area (Å²) in [6.07, 6.45) is 0.237. The lowest BCUT2D eigenvalue weighted by Gasteiger charge is -2.32. The molecule has 0 saturated carbocycles. The van der Waals surface area contributed by atoms with Crippen LogP contribution in [0.5, 0.6) is 5.75 Å². The summed E-state index contributed by atoms with van der Waals surface area (Å²) < 4.78 is 31.7. The second-order valence-corrected chi connectivity index (χ2v) is 6.35. The molecule has 2 unspecified atom stereocenters. The van der Waals surface area contributed by atoms with Gasteiger partial charge in [-0.1, -0.05) is 0 Å². The van der Waals surface area contributed by atoms with Crippen molar-refractivity contribution in [3.05, 3.63) is 29.8 Å². The number of nitrogens with one attached hydrogen (secondary N) is 1. The molecule has 1 amide bonds. The second-order valence-electron chi connectivity index (χ2n) is 6.35. The number of ether oxygens (including phenoxy) is 1. The van der Waals surface area contributed by atoms with Crippen LogP contribution in [0.4, 0.5) is 8.78 Å². The Bertz CT molecular complexity index is 599. The Hall–Kier alpha value is -1.44. The highest BCUT2D eigenvalue weighted by atomic mass is 35.5. The van der Waals surface area contributed by atoms with Crippen molar-refractivity contribution in [2.24, 2.45) is 0 Å². The number of amides is 1. The Kier molecular flexibility index (Phi) is 6.98. The molecule has 2 saturated heterocycles. The van der Waals surface area contributed by atoms with Crippen molar-refractivity contribution >= 4 is 18.3 Å². The average molecular weight is 376 g/mol. The molecule has 0 radical (unpaired) electrons. The maximum absolute atomic E-state index is 13.2. The van der Waals surface area contributed by atoms with Crippen LogP contribution >= 0.6 is 12.4 Å². The number of hydrogen-bond acceptors (Lipinski definition) is 4. The first-order valence-electron chi connectivity index (χ1n) is 8.40. The molecular formula is C17H24ClF2N3O2. The van der Waals surface area contributed by atoms with E-state index in [9.17, 15) is 13.6 Å². The van der Waals surface area contributed by atoms with Gasteiger partial charge in [-0.05, 0) is 25.5 Å². The fourth-order valence-corrected chi connectivity index (χ4v) is 3.35. The molecule has 0 spiro atoms. The van der Waals surface area contributed by atoms with Gasteiger partial charge in [0.1, 0.15) is 5.75 Å². The van der Waals surface area contributed by atoms with E-state index < -0.39 is 17.7 Å². The minimum atomic E-state index is -0.980. The van der Waals surface area contributed by atoms with Crippen molar-refractivity contribution < 1.29 is 18.3 Å². The van der Waals surface area contributed by atoms with Gasteiger partial charge in [-0.3, -0.25) is 9.69 Å². The summed E-state index contributed by atoms with van der Waals surface area (Å²) in [7, 11) is 0. The third-order valence-corrected chi connectivity index (χ3v) is 4.69. The Morgan fingerprint density at radius 2 is 1.96 bits per heavy atom. The highest BCUT2D eigenvalue weighted by Crippen LogP contribution is 2.20. The van der Waals surface area contributed by atoms with E-state index in [1.165, 1.54) is 6.07 Å². The summed E-state index contributed by atoms with van der Waals surface area (Å²) in [5.74, 6) is -1.86. The minimum Gasteiger partial charge on any atom is -0.481 e. The van der Waals surface area contributed by atoms with Gasteiger partial charge in [0.05, 0.1) is 0 Å². The fourth-order valence-electron chi connectivity index (χ4n) is 3.35. The molecule has 8 heteroatoms. The number of piperazine rings is 1. The number of carbonyl (C=O) groups is 1. The zero-order valence-corrected chi connectivity index (χ0v) is 15.0. The van der Waals surface area contributed by atoms with Crippen LogP contribution in [0.3, 0.4) is 0 Å². The largest absolute Gasteiger partial charge is 0.481 e. The quantitative estimate of drug-likeness (QED) is 0.869. The van der Waals surface area contributed by atoms with Crippen molar-refractivity contribution in [1.29, 1.82) is 0 Å². The van der Waals surface area contributed by atoms with Gasteiger partial charge in [0, 0.05) is 51.4 Å².